The number of carbonyl (C=O) groups excluding carboxylic acids is 1. The van der Waals surface area contributed by atoms with Crippen LogP contribution in [0.25, 0.3) is 0 Å². The van der Waals surface area contributed by atoms with E-state index in [0.717, 1.165) is 24.2 Å². The lowest BCUT2D eigenvalue weighted by Gasteiger charge is -2.16. The van der Waals surface area contributed by atoms with Crippen LogP contribution in [0.3, 0.4) is 0 Å². The fraction of sp³-hybridized carbons (Fsp3) is 0.226. The smallest absolute Gasteiger partial charge is 0.211 e. The Morgan fingerprint density at radius 2 is 1.77 bits per heavy atom. The number of nitrogens with zero attached hydrogens (tertiary/aromatic N) is 1. The van der Waals surface area contributed by atoms with E-state index >= 15 is 0 Å². The summed E-state index contributed by atoms with van der Waals surface area (Å²) in [7, 11) is 0. The summed E-state index contributed by atoms with van der Waals surface area (Å²) in [6.45, 7) is 11.3. The van der Waals surface area contributed by atoms with E-state index in [9.17, 15) is 9.18 Å². The molecule has 1 heterocycles. The van der Waals surface area contributed by atoms with Crippen molar-refractivity contribution in [2.24, 2.45) is 4.99 Å². The van der Waals surface area contributed by atoms with Crippen molar-refractivity contribution in [3.63, 3.8) is 0 Å². The molecule has 1 atom stereocenters. The standard InChI is InChI=1S/C21H24ClN3.C7H5ClFNO.C3H6/c1-4-20(22)21-24-15(3)23-18-7-5-6-16(12-18)8-9-17-10-14(2)11-19(13-17)25-21;8-6-3-5(10-4-11)1-2-7(6)9;1-3-2/h4-7,10-13,15,23H,8-9H2,1-3H3,(H,24,25);1-4H,(H,10,11);3H,1H2,2H3/b20-4+;;. The number of anilines is 3. The Morgan fingerprint density at radius 3 is 2.44 bits per heavy atom. The highest BCUT2D eigenvalue weighted by Gasteiger charge is 2.10. The van der Waals surface area contributed by atoms with Gasteiger partial charge in [0.05, 0.1) is 10.1 Å². The van der Waals surface area contributed by atoms with Gasteiger partial charge in [0.25, 0.3) is 0 Å². The van der Waals surface area contributed by atoms with E-state index < -0.39 is 5.82 Å². The van der Waals surface area contributed by atoms with Gasteiger partial charge in [0.1, 0.15) is 17.8 Å². The van der Waals surface area contributed by atoms with Crippen molar-refractivity contribution >= 4 is 52.5 Å². The minimum absolute atomic E-state index is 0.00292. The quantitative estimate of drug-likeness (QED) is 0.218. The number of fused-ring (bicyclic) bond motifs is 4. The fourth-order valence-electron chi connectivity index (χ4n) is 3.73. The van der Waals surface area contributed by atoms with E-state index in [4.69, 9.17) is 28.2 Å². The van der Waals surface area contributed by atoms with Crippen molar-refractivity contribution < 1.29 is 9.18 Å². The molecule has 0 aromatic heterocycles. The number of benzene rings is 3. The van der Waals surface area contributed by atoms with Gasteiger partial charge in [-0.05, 0) is 99.7 Å². The maximum Gasteiger partial charge on any atom is 0.211 e. The van der Waals surface area contributed by atoms with E-state index in [1.165, 1.54) is 34.9 Å². The van der Waals surface area contributed by atoms with Crippen molar-refractivity contribution in [2.45, 2.75) is 46.7 Å². The molecule has 0 aliphatic carbocycles. The van der Waals surface area contributed by atoms with Crippen LogP contribution < -0.4 is 16.0 Å². The van der Waals surface area contributed by atoms with E-state index in [2.05, 4.69) is 71.9 Å². The average Bonchev–Trinajstić information content (AvgIpc) is 2.90. The summed E-state index contributed by atoms with van der Waals surface area (Å²) < 4.78 is 12.5. The summed E-state index contributed by atoms with van der Waals surface area (Å²) in [5, 5.41) is 9.78. The van der Waals surface area contributed by atoms with Crippen LogP contribution in [0.5, 0.6) is 0 Å². The number of amides is 1. The lowest BCUT2D eigenvalue weighted by Crippen LogP contribution is -2.20. The first kappa shape index (κ1) is 31.6. The third-order valence-electron chi connectivity index (χ3n) is 5.35. The Labute approximate surface area is 240 Å². The third kappa shape index (κ3) is 11.0. The number of amidine groups is 1. The normalized spacial score (nSPS) is 15.8. The van der Waals surface area contributed by atoms with Gasteiger partial charge in [-0.2, -0.15) is 0 Å². The molecule has 8 heteroatoms. The van der Waals surface area contributed by atoms with Crippen LogP contribution >= 0.6 is 23.2 Å². The summed E-state index contributed by atoms with van der Waals surface area (Å²) in [6.07, 6.45) is 6.02. The first-order chi connectivity index (χ1) is 18.7. The van der Waals surface area contributed by atoms with Gasteiger partial charge in [-0.25, -0.2) is 9.38 Å². The molecule has 0 fully saturated rings. The molecule has 39 heavy (non-hydrogen) atoms. The van der Waals surface area contributed by atoms with Crippen LogP contribution in [-0.4, -0.2) is 18.4 Å². The summed E-state index contributed by atoms with van der Waals surface area (Å²) in [5.41, 5.74) is 6.43. The summed E-state index contributed by atoms with van der Waals surface area (Å²) in [4.78, 5) is 14.7. The largest absolute Gasteiger partial charge is 0.364 e. The van der Waals surface area contributed by atoms with Crippen LogP contribution in [0.1, 0.15) is 37.5 Å². The molecule has 0 spiro atoms. The van der Waals surface area contributed by atoms with Crippen molar-refractivity contribution in [1.29, 1.82) is 0 Å². The second kappa shape index (κ2) is 16.4. The predicted octanol–water partition coefficient (Wildman–Crippen LogP) is 8.74. The number of hydrogen-bond donors (Lipinski definition) is 3. The molecule has 4 rings (SSSR count). The number of hydrogen-bond acceptors (Lipinski definition) is 4. The molecule has 1 aliphatic rings. The SMILES string of the molecule is C/C=C(Cl)\C1=N/C(C)Nc2cccc(c2)CCc2cc(C)cc(c2)N1.C=CC.O=CNc1ccc(F)c(Cl)c1. The van der Waals surface area contributed by atoms with Gasteiger partial charge < -0.3 is 16.0 Å². The molecule has 3 aromatic carbocycles. The number of aliphatic imine (C=N–C) groups is 1. The van der Waals surface area contributed by atoms with Gasteiger partial charge in [0.2, 0.25) is 6.41 Å². The Bertz CT molecular complexity index is 1320. The number of rotatable bonds is 3. The topological polar surface area (TPSA) is 65.5 Å². The molecule has 1 unspecified atom stereocenters. The molecule has 0 saturated carbocycles. The van der Waals surface area contributed by atoms with Crippen LogP contribution in [0, 0.1) is 12.7 Å². The molecule has 0 radical (unpaired) electrons. The second-order valence-electron chi connectivity index (χ2n) is 8.77. The highest BCUT2D eigenvalue weighted by Crippen LogP contribution is 2.21. The van der Waals surface area contributed by atoms with Crippen LogP contribution in [-0.2, 0) is 17.6 Å². The van der Waals surface area contributed by atoms with Gasteiger partial charge in [-0.15, -0.1) is 6.58 Å². The summed E-state index contributed by atoms with van der Waals surface area (Å²) >= 11 is 11.8. The first-order valence-corrected chi connectivity index (χ1v) is 13.3. The number of aryl methyl sites for hydroxylation is 3. The molecule has 5 nitrogen and oxygen atoms in total. The van der Waals surface area contributed by atoms with Gasteiger partial charge in [-0.3, -0.25) is 4.79 Å². The van der Waals surface area contributed by atoms with Crippen molar-refractivity contribution in [3.8, 4) is 0 Å². The van der Waals surface area contributed by atoms with Crippen molar-refractivity contribution in [1.82, 2.24) is 0 Å². The zero-order valence-electron chi connectivity index (χ0n) is 22.7. The number of halogens is 3. The lowest BCUT2D eigenvalue weighted by atomic mass is 10.0. The predicted molar refractivity (Wildman–Crippen MR) is 166 cm³/mol. The van der Waals surface area contributed by atoms with Gasteiger partial charge in [0, 0.05) is 17.1 Å². The Balaban J connectivity index is 0.000000317. The minimum Gasteiger partial charge on any atom is -0.364 e. The number of allylic oxidation sites excluding steroid dienone is 2. The molecule has 3 aromatic rings. The third-order valence-corrected chi connectivity index (χ3v) is 6.04. The Kier molecular flexibility index (Phi) is 13.3. The highest BCUT2D eigenvalue weighted by molar-refractivity contribution is 6.45. The van der Waals surface area contributed by atoms with Gasteiger partial charge in [0.15, 0.2) is 0 Å². The molecule has 206 valence electrons. The average molecular weight is 570 g/mol. The van der Waals surface area contributed by atoms with Crippen molar-refractivity contribution in [3.05, 3.63) is 112 Å². The van der Waals surface area contributed by atoms with Gasteiger partial charge >= 0.3 is 0 Å². The fourth-order valence-corrected chi connectivity index (χ4v) is 4.01. The first-order valence-electron chi connectivity index (χ1n) is 12.5. The molecule has 1 aliphatic heterocycles. The maximum atomic E-state index is 12.5. The summed E-state index contributed by atoms with van der Waals surface area (Å²) in [6, 6.07) is 19.0. The monoisotopic (exact) mass is 568 g/mol. The Morgan fingerprint density at radius 1 is 1.08 bits per heavy atom. The van der Waals surface area contributed by atoms with Crippen LogP contribution in [0.4, 0.5) is 21.5 Å². The van der Waals surface area contributed by atoms with E-state index in [-0.39, 0.29) is 11.2 Å². The maximum absolute atomic E-state index is 12.5. The minimum atomic E-state index is -0.497. The molecule has 1 amide bonds. The highest BCUT2D eigenvalue weighted by atomic mass is 35.5. The molecule has 0 saturated heterocycles. The number of nitrogens with one attached hydrogen (secondary N) is 3. The lowest BCUT2D eigenvalue weighted by molar-refractivity contribution is -0.105. The van der Waals surface area contributed by atoms with E-state index in [1.54, 1.807) is 6.08 Å². The van der Waals surface area contributed by atoms with E-state index in [0.29, 0.717) is 23.0 Å². The van der Waals surface area contributed by atoms with Crippen LogP contribution in [0.15, 0.2) is 89.4 Å². The zero-order chi connectivity index (χ0) is 28.8. The zero-order valence-corrected chi connectivity index (χ0v) is 24.2. The Hall–Kier alpha value is -3.61. The molecule has 4 bridgehead atoms. The second-order valence-corrected chi connectivity index (χ2v) is 9.58. The number of carbonyl (C=O) groups is 1. The van der Waals surface area contributed by atoms with Crippen molar-refractivity contribution in [2.75, 3.05) is 16.0 Å². The summed E-state index contributed by atoms with van der Waals surface area (Å²) in [5.74, 6) is 0.180. The molecule has 3 N–H and O–H groups in total. The van der Waals surface area contributed by atoms with E-state index in [1.807, 2.05) is 26.8 Å². The molecular formula is C31H35Cl2FN4O. The van der Waals surface area contributed by atoms with Crippen LogP contribution in [0.2, 0.25) is 5.02 Å². The molecular weight excluding hydrogens is 534 g/mol. The van der Waals surface area contributed by atoms with Gasteiger partial charge in [-0.1, -0.05) is 53.6 Å².